The number of rotatable bonds is 6. The molecule has 3 N–H and O–H groups in total. The fraction of sp³-hybridized carbons (Fsp3) is 0.889. The second kappa shape index (κ2) is 12.0. The first kappa shape index (κ1) is 23.4. The molecule has 0 aromatic rings. The van der Waals surface area contributed by atoms with Crippen LogP contribution in [0.4, 0.5) is 0 Å². The molecule has 2 aliphatic heterocycles. The number of aliphatic imine (C=N–C) groups is 1. The first-order chi connectivity index (χ1) is 12.0. The molecule has 2 unspecified atom stereocenters. The van der Waals surface area contributed by atoms with E-state index < -0.39 is 0 Å². The van der Waals surface area contributed by atoms with Crippen molar-refractivity contribution in [2.75, 3.05) is 59.4 Å². The highest BCUT2D eigenvalue weighted by Crippen LogP contribution is 2.19. The number of hydrogen-bond acceptors (Lipinski definition) is 4. The number of primary amides is 1. The first-order valence-corrected chi connectivity index (χ1v) is 9.73. The third-order valence-electron chi connectivity index (χ3n) is 5.55. The van der Waals surface area contributed by atoms with Crippen LogP contribution in [0.15, 0.2) is 4.99 Å². The van der Waals surface area contributed by atoms with Crippen molar-refractivity contribution < 1.29 is 4.79 Å². The van der Waals surface area contributed by atoms with Gasteiger partial charge in [-0.2, -0.15) is 0 Å². The van der Waals surface area contributed by atoms with Crippen LogP contribution in [0.3, 0.4) is 0 Å². The molecule has 152 valence electrons. The molecule has 0 aliphatic carbocycles. The number of nitrogens with zero attached hydrogens (tertiary/aromatic N) is 4. The molecule has 0 aromatic heterocycles. The Morgan fingerprint density at radius 2 is 1.96 bits per heavy atom. The van der Waals surface area contributed by atoms with Gasteiger partial charge in [0.1, 0.15) is 0 Å². The lowest BCUT2D eigenvalue weighted by molar-refractivity contribution is -0.119. The second-order valence-corrected chi connectivity index (χ2v) is 7.37. The lowest BCUT2D eigenvalue weighted by Gasteiger charge is -2.39. The molecule has 7 nitrogen and oxygen atoms in total. The van der Waals surface area contributed by atoms with E-state index in [1.165, 1.54) is 0 Å². The molecule has 0 bridgehead atoms. The van der Waals surface area contributed by atoms with Crippen molar-refractivity contribution >= 4 is 35.8 Å². The third kappa shape index (κ3) is 7.19. The van der Waals surface area contributed by atoms with E-state index in [1.54, 1.807) is 0 Å². The molecule has 2 rings (SSSR count). The average Bonchev–Trinajstić information content (AvgIpc) is 2.62. The van der Waals surface area contributed by atoms with Crippen LogP contribution in [0, 0.1) is 5.92 Å². The molecule has 0 saturated carbocycles. The number of halogens is 1. The highest BCUT2D eigenvalue weighted by Gasteiger charge is 2.25. The third-order valence-corrected chi connectivity index (χ3v) is 5.55. The molecule has 26 heavy (non-hydrogen) atoms. The Balaban J connectivity index is 0.00000338. The van der Waals surface area contributed by atoms with Crippen LogP contribution in [0.25, 0.3) is 0 Å². The Kier molecular flexibility index (Phi) is 10.8. The second-order valence-electron chi connectivity index (χ2n) is 7.37. The smallest absolute Gasteiger partial charge is 0.217 e. The molecule has 2 aliphatic rings. The average molecular weight is 480 g/mol. The summed E-state index contributed by atoms with van der Waals surface area (Å²) in [6, 6.07) is 0.488. The summed E-state index contributed by atoms with van der Waals surface area (Å²) in [7, 11) is 1.84. The molecule has 2 atom stereocenters. The van der Waals surface area contributed by atoms with Crippen molar-refractivity contribution in [2.45, 2.75) is 39.2 Å². The number of carbonyl (C=O) groups is 1. The van der Waals surface area contributed by atoms with E-state index in [0.717, 1.165) is 71.2 Å². The van der Waals surface area contributed by atoms with E-state index in [0.29, 0.717) is 18.4 Å². The maximum atomic E-state index is 11.2. The summed E-state index contributed by atoms with van der Waals surface area (Å²) in [6.07, 6.45) is 2.65. The van der Waals surface area contributed by atoms with E-state index in [2.05, 4.69) is 38.9 Å². The maximum Gasteiger partial charge on any atom is 0.217 e. The zero-order valence-corrected chi connectivity index (χ0v) is 18.9. The highest BCUT2D eigenvalue weighted by atomic mass is 127. The van der Waals surface area contributed by atoms with Gasteiger partial charge in [0, 0.05) is 65.3 Å². The standard InChI is InChI=1S/C18H36N6O.HI/c1-4-22-8-10-23(11-9-22)15(2)13-21-18(20-3)24-7-5-6-16(14-24)12-17(19)25;/h15-16H,4-14H2,1-3H3,(H2,19,25)(H,20,21);1H. The normalized spacial score (nSPS) is 24.0. The van der Waals surface area contributed by atoms with Crippen LogP contribution in [-0.4, -0.2) is 92.0 Å². The number of hydrogen-bond donors (Lipinski definition) is 2. The SMILES string of the molecule is CCN1CCN(C(C)CNC(=NC)N2CCCC(CC(N)=O)C2)CC1.I. The van der Waals surface area contributed by atoms with Crippen LogP contribution in [-0.2, 0) is 4.79 Å². The number of nitrogens with two attached hydrogens (primary N) is 1. The number of likely N-dealkylation sites (N-methyl/N-ethyl adjacent to an activating group) is 1. The van der Waals surface area contributed by atoms with E-state index in [4.69, 9.17) is 5.73 Å². The van der Waals surface area contributed by atoms with Gasteiger partial charge in [0.25, 0.3) is 0 Å². The van der Waals surface area contributed by atoms with Gasteiger partial charge >= 0.3 is 0 Å². The Labute approximate surface area is 175 Å². The zero-order chi connectivity index (χ0) is 18.2. The molecule has 2 heterocycles. The van der Waals surface area contributed by atoms with Crippen LogP contribution >= 0.6 is 24.0 Å². The van der Waals surface area contributed by atoms with E-state index >= 15 is 0 Å². The number of piperidine rings is 1. The van der Waals surface area contributed by atoms with E-state index in [1.807, 2.05) is 7.05 Å². The summed E-state index contributed by atoms with van der Waals surface area (Å²) in [5, 5.41) is 3.54. The van der Waals surface area contributed by atoms with E-state index in [-0.39, 0.29) is 29.9 Å². The summed E-state index contributed by atoms with van der Waals surface area (Å²) in [5.41, 5.74) is 5.37. The minimum absolute atomic E-state index is 0. The number of likely N-dealkylation sites (tertiary alicyclic amines) is 1. The Hall–Kier alpha value is -0.610. The van der Waals surface area contributed by atoms with Crippen molar-refractivity contribution in [1.29, 1.82) is 0 Å². The topological polar surface area (TPSA) is 77.2 Å². The van der Waals surface area contributed by atoms with Gasteiger partial charge in [-0.15, -0.1) is 24.0 Å². The van der Waals surface area contributed by atoms with Gasteiger partial charge in [0.05, 0.1) is 0 Å². The molecule has 0 radical (unpaired) electrons. The van der Waals surface area contributed by atoms with Crippen molar-refractivity contribution in [3.63, 3.8) is 0 Å². The Morgan fingerprint density at radius 1 is 1.27 bits per heavy atom. The van der Waals surface area contributed by atoms with Crippen LogP contribution in [0.5, 0.6) is 0 Å². The monoisotopic (exact) mass is 480 g/mol. The van der Waals surface area contributed by atoms with Gasteiger partial charge in [-0.25, -0.2) is 0 Å². The lowest BCUT2D eigenvalue weighted by Crippen LogP contribution is -2.54. The molecule has 1 amide bonds. The minimum atomic E-state index is -0.199. The molecule has 0 spiro atoms. The van der Waals surface area contributed by atoms with Gasteiger partial charge in [-0.1, -0.05) is 6.92 Å². The molecular weight excluding hydrogens is 443 g/mol. The Bertz CT molecular complexity index is 453. The summed E-state index contributed by atoms with van der Waals surface area (Å²) >= 11 is 0. The van der Waals surface area contributed by atoms with E-state index in [9.17, 15) is 4.79 Å². The fourth-order valence-electron chi connectivity index (χ4n) is 3.93. The molecule has 2 saturated heterocycles. The van der Waals surface area contributed by atoms with Gasteiger partial charge in [-0.3, -0.25) is 14.7 Å². The molecular formula is C18H37IN6O. The summed E-state index contributed by atoms with van der Waals surface area (Å²) in [6.45, 7) is 13.0. The summed E-state index contributed by atoms with van der Waals surface area (Å²) < 4.78 is 0. The minimum Gasteiger partial charge on any atom is -0.370 e. The fourth-order valence-corrected chi connectivity index (χ4v) is 3.93. The van der Waals surface area contributed by atoms with Crippen molar-refractivity contribution in [3.8, 4) is 0 Å². The first-order valence-electron chi connectivity index (χ1n) is 9.73. The van der Waals surface area contributed by atoms with Crippen molar-refractivity contribution in [3.05, 3.63) is 0 Å². The van der Waals surface area contributed by atoms with Crippen molar-refractivity contribution in [2.24, 2.45) is 16.6 Å². The van der Waals surface area contributed by atoms with Crippen LogP contribution in [0.2, 0.25) is 0 Å². The summed E-state index contributed by atoms with van der Waals surface area (Å²) in [5.74, 6) is 1.10. The number of piperazine rings is 1. The van der Waals surface area contributed by atoms with Crippen LogP contribution < -0.4 is 11.1 Å². The van der Waals surface area contributed by atoms with Crippen molar-refractivity contribution in [1.82, 2.24) is 20.0 Å². The maximum absolute atomic E-state index is 11.2. The zero-order valence-electron chi connectivity index (χ0n) is 16.6. The summed E-state index contributed by atoms with van der Waals surface area (Å²) in [4.78, 5) is 23.0. The number of guanidine groups is 1. The molecule has 0 aromatic carbocycles. The van der Waals surface area contributed by atoms with Gasteiger partial charge in [0.15, 0.2) is 5.96 Å². The lowest BCUT2D eigenvalue weighted by atomic mass is 9.95. The number of nitrogens with one attached hydrogen (secondary N) is 1. The Morgan fingerprint density at radius 3 is 2.54 bits per heavy atom. The number of carbonyl (C=O) groups excluding carboxylic acids is 1. The largest absolute Gasteiger partial charge is 0.370 e. The predicted octanol–water partition coefficient (Wildman–Crippen LogP) is 0.793. The molecule has 2 fully saturated rings. The number of amides is 1. The van der Waals surface area contributed by atoms with Gasteiger partial charge < -0.3 is 20.9 Å². The molecule has 8 heteroatoms. The highest BCUT2D eigenvalue weighted by molar-refractivity contribution is 14.0. The van der Waals surface area contributed by atoms with Gasteiger partial charge in [-0.05, 0) is 32.2 Å². The predicted molar refractivity (Wildman–Crippen MR) is 118 cm³/mol. The van der Waals surface area contributed by atoms with Crippen LogP contribution in [0.1, 0.15) is 33.1 Å². The quantitative estimate of drug-likeness (QED) is 0.334. The van der Waals surface area contributed by atoms with Gasteiger partial charge in [0.2, 0.25) is 5.91 Å².